The summed E-state index contributed by atoms with van der Waals surface area (Å²) in [4.78, 5) is 14.3. The monoisotopic (exact) mass is 283 g/mol. The second-order valence-corrected chi connectivity index (χ2v) is 5.99. The van der Waals surface area contributed by atoms with Crippen LogP contribution in [0.2, 0.25) is 0 Å². The molecule has 2 unspecified atom stereocenters. The van der Waals surface area contributed by atoms with Crippen molar-refractivity contribution in [3.05, 3.63) is 0 Å². The van der Waals surface area contributed by atoms with E-state index < -0.39 is 0 Å². The Morgan fingerprint density at radius 3 is 3.10 bits per heavy atom. The van der Waals surface area contributed by atoms with Gasteiger partial charge in [-0.1, -0.05) is 6.42 Å². The summed E-state index contributed by atoms with van der Waals surface area (Å²) in [5.41, 5.74) is 0. The second kappa shape index (κ2) is 8.60. The SMILES string of the molecule is CC1CCCCN1CCCNC(=O)CC1CNCCO1. The number of hydrogen-bond donors (Lipinski definition) is 2. The van der Waals surface area contributed by atoms with E-state index in [-0.39, 0.29) is 12.0 Å². The van der Waals surface area contributed by atoms with Gasteiger partial charge in [-0.3, -0.25) is 4.79 Å². The molecule has 5 heteroatoms. The van der Waals surface area contributed by atoms with Gasteiger partial charge in [0.05, 0.1) is 19.1 Å². The summed E-state index contributed by atoms with van der Waals surface area (Å²) in [6, 6.07) is 0.709. The molecule has 0 spiro atoms. The van der Waals surface area contributed by atoms with Gasteiger partial charge in [-0.2, -0.15) is 0 Å². The molecule has 2 aliphatic rings. The number of carbonyl (C=O) groups excluding carboxylic acids is 1. The Kier molecular flexibility index (Phi) is 6.76. The summed E-state index contributed by atoms with van der Waals surface area (Å²) in [5, 5.41) is 6.25. The van der Waals surface area contributed by atoms with Crippen molar-refractivity contribution in [1.29, 1.82) is 0 Å². The van der Waals surface area contributed by atoms with Crippen LogP contribution in [0.5, 0.6) is 0 Å². The van der Waals surface area contributed by atoms with Crippen LogP contribution in [0.4, 0.5) is 0 Å². The lowest BCUT2D eigenvalue weighted by Gasteiger charge is -2.33. The molecule has 0 aliphatic carbocycles. The fraction of sp³-hybridized carbons (Fsp3) is 0.933. The molecule has 2 saturated heterocycles. The van der Waals surface area contributed by atoms with Gasteiger partial charge in [-0.25, -0.2) is 0 Å². The Balaban J connectivity index is 1.52. The third-order valence-corrected chi connectivity index (χ3v) is 4.30. The molecule has 2 rings (SSSR count). The second-order valence-electron chi connectivity index (χ2n) is 5.99. The van der Waals surface area contributed by atoms with Gasteiger partial charge in [0.25, 0.3) is 0 Å². The molecular formula is C15H29N3O2. The molecule has 2 atom stereocenters. The predicted octanol–water partition coefficient (Wildman–Crippen LogP) is 0.746. The Bertz CT molecular complexity index is 293. The fourth-order valence-corrected chi connectivity index (χ4v) is 3.03. The maximum atomic E-state index is 11.8. The molecule has 0 aromatic carbocycles. The van der Waals surface area contributed by atoms with Crippen LogP contribution in [0, 0.1) is 0 Å². The lowest BCUT2D eigenvalue weighted by Crippen LogP contribution is -2.42. The van der Waals surface area contributed by atoms with Gasteiger partial charge in [0, 0.05) is 32.2 Å². The molecule has 0 aromatic heterocycles. The van der Waals surface area contributed by atoms with Crippen LogP contribution in [0.3, 0.4) is 0 Å². The highest BCUT2D eigenvalue weighted by atomic mass is 16.5. The summed E-state index contributed by atoms with van der Waals surface area (Å²) < 4.78 is 5.53. The number of amides is 1. The van der Waals surface area contributed by atoms with E-state index in [0.717, 1.165) is 32.6 Å². The lowest BCUT2D eigenvalue weighted by atomic mass is 10.0. The summed E-state index contributed by atoms with van der Waals surface area (Å²) >= 11 is 0. The van der Waals surface area contributed by atoms with E-state index in [1.165, 1.54) is 25.8 Å². The highest BCUT2D eigenvalue weighted by molar-refractivity contribution is 5.76. The van der Waals surface area contributed by atoms with E-state index in [0.29, 0.717) is 19.1 Å². The highest BCUT2D eigenvalue weighted by Gasteiger charge is 2.18. The van der Waals surface area contributed by atoms with Crippen LogP contribution in [-0.4, -0.2) is 62.3 Å². The maximum absolute atomic E-state index is 11.8. The minimum Gasteiger partial charge on any atom is -0.375 e. The number of morpholine rings is 1. The van der Waals surface area contributed by atoms with Crippen molar-refractivity contribution in [2.75, 3.05) is 39.3 Å². The number of carbonyl (C=O) groups is 1. The van der Waals surface area contributed by atoms with Crippen LogP contribution < -0.4 is 10.6 Å². The van der Waals surface area contributed by atoms with Crippen LogP contribution in [-0.2, 0) is 9.53 Å². The Labute approximate surface area is 122 Å². The third kappa shape index (κ3) is 5.38. The van der Waals surface area contributed by atoms with E-state index in [1.54, 1.807) is 0 Å². The van der Waals surface area contributed by atoms with E-state index in [9.17, 15) is 4.79 Å². The van der Waals surface area contributed by atoms with Crippen molar-refractivity contribution in [3.8, 4) is 0 Å². The van der Waals surface area contributed by atoms with Crippen molar-refractivity contribution >= 4 is 5.91 Å². The molecule has 1 amide bonds. The van der Waals surface area contributed by atoms with Gasteiger partial charge in [-0.15, -0.1) is 0 Å². The molecular weight excluding hydrogens is 254 g/mol. The number of rotatable bonds is 6. The van der Waals surface area contributed by atoms with Gasteiger partial charge in [0.1, 0.15) is 0 Å². The van der Waals surface area contributed by atoms with E-state index in [1.807, 2.05) is 0 Å². The van der Waals surface area contributed by atoms with E-state index in [2.05, 4.69) is 22.5 Å². The van der Waals surface area contributed by atoms with Crippen molar-refractivity contribution in [1.82, 2.24) is 15.5 Å². The van der Waals surface area contributed by atoms with Crippen LogP contribution >= 0.6 is 0 Å². The van der Waals surface area contributed by atoms with Crippen LogP contribution in [0.1, 0.15) is 39.0 Å². The van der Waals surface area contributed by atoms with Gasteiger partial charge in [0.15, 0.2) is 0 Å². The zero-order chi connectivity index (χ0) is 14.2. The fourth-order valence-electron chi connectivity index (χ4n) is 3.03. The van der Waals surface area contributed by atoms with E-state index in [4.69, 9.17) is 4.74 Å². The Morgan fingerprint density at radius 1 is 1.45 bits per heavy atom. The zero-order valence-corrected chi connectivity index (χ0v) is 12.7. The molecule has 2 aliphatic heterocycles. The zero-order valence-electron chi connectivity index (χ0n) is 12.7. The quantitative estimate of drug-likeness (QED) is 0.706. The maximum Gasteiger partial charge on any atom is 0.222 e. The van der Waals surface area contributed by atoms with Crippen molar-refractivity contribution < 1.29 is 9.53 Å². The van der Waals surface area contributed by atoms with E-state index >= 15 is 0 Å². The summed E-state index contributed by atoms with van der Waals surface area (Å²) in [5.74, 6) is 0.116. The number of likely N-dealkylation sites (tertiary alicyclic amines) is 1. The van der Waals surface area contributed by atoms with Crippen molar-refractivity contribution in [3.63, 3.8) is 0 Å². The minimum atomic E-state index is 0.0471. The van der Waals surface area contributed by atoms with Gasteiger partial charge < -0.3 is 20.3 Å². The first-order valence-electron chi connectivity index (χ1n) is 8.09. The first-order chi connectivity index (χ1) is 9.75. The first-order valence-corrected chi connectivity index (χ1v) is 8.09. The topological polar surface area (TPSA) is 53.6 Å². The van der Waals surface area contributed by atoms with Crippen LogP contribution in [0.15, 0.2) is 0 Å². The first kappa shape index (κ1) is 15.7. The van der Waals surface area contributed by atoms with Gasteiger partial charge in [-0.05, 0) is 32.7 Å². The summed E-state index contributed by atoms with van der Waals surface area (Å²) in [7, 11) is 0. The molecule has 20 heavy (non-hydrogen) atoms. The predicted molar refractivity (Wildman–Crippen MR) is 79.7 cm³/mol. The number of nitrogens with one attached hydrogen (secondary N) is 2. The molecule has 2 heterocycles. The average molecular weight is 283 g/mol. The lowest BCUT2D eigenvalue weighted by molar-refractivity contribution is -0.124. The minimum absolute atomic E-state index is 0.0471. The summed E-state index contributed by atoms with van der Waals surface area (Å²) in [6.07, 6.45) is 5.57. The molecule has 5 nitrogen and oxygen atoms in total. The highest BCUT2D eigenvalue weighted by Crippen LogP contribution is 2.16. The molecule has 2 N–H and O–H groups in total. The standard InChI is InChI=1S/C15H29N3O2/c1-13-5-2-3-8-18(13)9-4-6-17-15(19)11-14-12-16-7-10-20-14/h13-14,16H,2-12H2,1H3,(H,17,19). The number of ether oxygens (including phenoxy) is 1. The van der Waals surface area contributed by atoms with Crippen LogP contribution in [0.25, 0.3) is 0 Å². The summed E-state index contributed by atoms with van der Waals surface area (Å²) in [6.45, 7) is 7.81. The van der Waals surface area contributed by atoms with Gasteiger partial charge in [0.2, 0.25) is 5.91 Å². The number of hydrogen-bond acceptors (Lipinski definition) is 4. The van der Waals surface area contributed by atoms with Crippen molar-refractivity contribution in [2.45, 2.75) is 51.2 Å². The van der Waals surface area contributed by atoms with Crippen molar-refractivity contribution in [2.24, 2.45) is 0 Å². The van der Waals surface area contributed by atoms with Gasteiger partial charge >= 0.3 is 0 Å². The average Bonchev–Trinajstić information content (AvgIpc) is 2.46. The molecule has 2 fully saturated rings. The smallest absolute Gasteiger partial charge is 0.222 e. The molecule has 0 radical (unpaired) electrons. The normalized spacial score (nSPS) is 28.2. The number of nitrogens with zero attached hydrogens (tertiary/aromatic N) is 1. The third-order valence-electron chi connectivity index (χ3n) is 4.30. The Morgan fingerprint density at radius 2 is 2.35 bits per heavy atom. The Hall–Kier alpha value is -0.650. The molecule has 0 saturated carbocycles. The molecule has 116 valence electrons. The number of piperidine rings is 1. The largest absolute Gasteiger partial charge is 0.375 e. The molecule has 0 bridgehead atoms. The molecule has 0 aromatic rings.